The van der Waals surface area contributed by atoms with Crippen LogP contribution in [0.1, 0.15) is 16.2 Å². The highest BCUT2D eigenvalue weighted by Crippen LogP contribution is 2.29. The number of rotatable bonds is 4. The van der Waals surface area contributed by atoms with Gasteiger partial charge in [-0.2, -0.15) is 4.98 Å². The van der Waals surface area contributed by atoms with Crippen molar-refractivity contribution in [1.29, 1.82) is 0 Å². The minimum absolute atomic E-state index is 0.0349. The standard InChI is InChI=1S/C13H14N2O4S/c1-9-4-6-10(7-5-9)20(17,18)12-13(15(2)3)19-11(8-16)14-12/h4-8H,1-3H3. The minimum Gasteiger partial charge on any atom is -0.416 e. The van der Waals surface area contributed by atoms with Gasteiger partial charge in [0.25, 0.3) is 5.89 Å². The summed E-state index contributed by atoms with van der Waals surface area (Å²) in [5, 5.41) is -0.256. The number of aryl methyl sites for hydroxylation is 1. The fraction of sp³-hybridized carbons (Fsp3) is 0.231. The zero-order valence-electron chi connectivity index (χ0n) is 11.3. The van der Waals surface area contributed by atoms with Gasteiger partial charge in [-0.1, -0.05) is 17.7 Å². The van der Waals surface area contributed by atoms with Gasteiger partial charge in [-0.3, -0.25) is 4.79 Å². The third kappa shape index (κ3) is 2.44. The highest BCUT2D eigenvalue weighted by molar-refractivity contribution is 7.91. The molecule has 0 radical (unpaired) electrons. The average Bonchev–Trinajstić information content (AvgIpc) is 2.84. The number of benzene rings is 1. The van der Waals surface area contributed by atoms with Gasteiger partial charge in [-0.15, -0.1) is 0 Å². The smallest absolute Gasteiger partial charge is 0.263 e. The van der Waals surface area contributed by atoms with Gasteiger partial charge < -0.3 is 9.32 Å². The van der Waals surface area contributed by atoms with E-state index in [0.717, 1.165) is 5.56 Å². The first kappa shape index (κ1) is 14.3. The van der Waals surface area contributed by atoms with Crippen molar-refractivity contribution < 1.29 is 17.6 Å². The van der Waals surface area contributed by atoms with Crippen LogP contribution >= 0.6 is 0 Å². The lowest BCUT2D eigenvalue weighted by Gasteiger charge is -2.10. The first-order chi connectivity index (χ1) is 9.36. The van der Waals surface area contributed by atoms with E-state index >= 15 is 0 Å². The molecule has 2 aromatic rings. The molecule has 7 heteroatoms. The van der Waals surface area contributed by atoms with Crippen LogP contribution in [0.3, 0.4) is 0 Å². The van der Waals surface area contributed by atoms with Crippen molar-refractivity contribution in [2.45, 2.75) is 16.8 Å². The first-order valence-electron chi connectivity index (χ1n) is 5.81. The summed E-state index contributed by atoms with van der Waals surface area (Å²) in [7, 11) is -0.597. The van der Waals surface area contributed by atoms with Crippen LogP contribution in [0.5, 0.6) is 0 Å². The number of sulfone groups is 1. The van der Waals surface area contributed by atoms with Crippen molar-refractivity contribution in [2.75, 3.05) is 19.0 Å². The molecule has 20 heavy (non-hydrogen) atoms. The van der Waals surface area contributed by atoms with Crippen molar-refractivity contribution in [1.82, 2.24) is 4.98 Å². The fourth-order valence-electron chi connectivity index (χ4n) is 1.65. The van der Waals surface area contributed by atoms with E-state index in [2.05, 4.69) is 4.98 Å². The molecule has 1 heterocycles. The average molecular weight is 294 g/mol. The van der Waals surface area contributed by atoms with Gasteiger partial charge in [0.15, 0.2) is 0 Å². The molecule has 106 valence electrons. The van der Waals surface area contributed by atoms with Crippen LogP contribution in [0.4, 0.5) is 5.88 Å². The van der Waals surface area contributed by atoms with Crippen LogP contribution in [0.15, 0.2) is 38.6 Å². The topological polar surface area (TPSA) is 80.5 Å². The predicted octanol–water partition coefficient (Wildman–Crippen LogP) is 1.69. The summed E-state index contributed by atoms with van der Waals surface area (Å²) in [6.45, 7) is 1.86. The lowest BCUT2D eigenvalue weighted by molar-refractivity contribution is 0.109. The maximum absolute atomic E-state index is 12.5. The molecule has 0 aliphatic rings. The van der Waals surface area contributed by atoms with Crippen molar-refractivity contribution >= 4 is 22.0 Å². The number of aromatic nitrogens is 1. The van der Waals surface area contributed by atoms with Crippen LogP contribution in [-0.2, 0) is 9.84 Å². The Morgan fingerprint density at radius 1 is 1.20 bits per heavy atom. The highest BCUT2D eigenvalue weighted by Gasteiger charge is 2.28. The molecule has 0 saturated heterocycles. The van der Waals surface area contributed by atoms with Crippen molar-refractivity contribution in [3.05, 3.63) is 35.7 Å². The molecule has 0 bridgehead atoms. The van der Waals surface area contributed by atoms with Gasteiger partial charge in [0.05, 0.1) is 4.90 Å². The number of carbonyl (C=O) groups excluding carboxylic acids is 1. The molecule has 0 saturated carbocycles. The second-order valence-corrected chi connectivity index (χ2v) is 6.36. The highest BCUT2D eigenvalue weighted by atomic mass is 32.2. The number of aldehydes is 1. The van der Waals surface area contributed by atoms with Gasteiger partial charge in [0, 0.05) is 14.1 Å². The molecule has 0 amide bonds. The Bertz CT molecular complexity index is 730. The summed E-state index contributed by atoms with van der Waals surface area (Å²) in [4.78, 5) is 16.1. The summed E-state index contributed by atoms with van der Waals surface area (Å²) >= 11 is 0. The number of oxazole rings is 1. The predicted molar refractivity (Wildman–Crippen MR) is 72.8 cm³/mol. The maximum Gasteiger partial charge on any atom is 0.263 e. The van der Waals surface area contributed by atoms with E-state index in [0.29, 0.717) is 6.29 Å². The second kappa shape index (κ2) is 5.09. The van der Waals surface area contributed by atoms with E-state index in [1.54, 1.807) is 26.2 Å². The molecule has 1 aromatic heterocycles. The Morgan fingerprint density at radius 3 is 2.30 bits per heavy atom. The second-order valence-electron chi connectivity index (χ2n) is 4.49. The normalized spacial score (nSPS) is 11.3. The molecule has 0 unspecified atom stereocenters. The Morgan fingerprint density at radius 2 is 1.80 bits per heavy atom. The van der Waals surface area contributed by atoms with E-state index in [1.807, 2.05) is 6.92 Å². The van der Waals surface area contributed by atoms with Crippen LogP contribution in [0.25, 0.3) is 0 Å². The van der Waals surface area contributed by atoms with Crippen LogP contribution in [0.2, 0.25) is 0 Å². The van der Waals surface area contributed by atoms with Gasteiger partial charge in [-0.25, -0.2) is 8.42 Å². The summed E-state index contributed by atoms with van der Waals surface area (Å²) in [5.74, 6) is -0.230. The monoisotopic (exact) mass is 294 g/mol. The number of anilines is 1. The quantitative estimate of drug-likeness (QED) is 0.798. The summed E-state index contributed by atoms with van der Waals surface area (Å²) in [5.41, 5.74) is 0.950. The molecular formula is C13H14N2O4S. The van der Waals surface area contributed by atoms with Crippen molar-refractivity contribution in [3.63, 3.8) is 0 Å². The summed E-state index contributed by atoms with van der Waals surface area (Å²) in [6, 6.07) is 6.39. The molecule has 0 spiro atoms. The molecule has 0 aliphatic heterocycles. The molecule has 1 aromatic carbocycles. The molecule has 2 rings (SSSR count). The molecular weight excluding hydrogens is 280 g/mol. The van der Waals surface area contributed by atoms with Gasteiger partial charge in [0.1, 0.15) is 0 Å². The van der Waals surface area contributed by atoms with E-state index in [9.17, 15) is 13.2 Å². The molecule has 0 atom stereocenters. The van der Waals surface area contributed by atoms with E-state index in [-0.39, 0.29) is 21.7 Å². The largest absolute Gasteiger partial charge is 0.416 e. The Balaban J connectivity index is 2.62. The zero-order chi connectivity index (χ0) is 14.9. The van der Waals surface area contributed by atoms with Crippen LogP contribution < -0.4 is 4.90 Å². The van der Waals surface area contributed by atoms with Crippen LogP contribution in [0, 0.1) is 6.92 Å². The Hall–Kier alpha value is -2.15. The minimum atomic E-state index is -3.83. The fourth-order valence-corrected chi connectivity index (χ4v) is 3.03. The lowest BCUT2D eigenvalue weighted by Crippen LogP contribution is -2.13. The molecule has 6 nitrogen and oxygen atoms in total. The van der Waals surface area contributed by atoms with Crippen molar-refractivity contribution in [3.8, 4) is 0 Å². The molecule has 0 N–H and O–H groups in total. The maximum atomic E-state index is 12.5. The van der Waals surface area contributed by atoms with Crippen molar-refractivity contribution in [2.24, 2.45) is 0 Å². The Labute approximate surface area is 117 Å². The van der Waals surface area contributed by atoms with E-state index < -0.39 is 9.84 Å². The molecule has 0 fully saturated rings. The number of hydrogen-bond acceptors (Lipinski definition) is 6. The number of nitrogens with zero attached hydrogens (tertiary/aromatic N) is 2. The van der Waals surface area contributed by atoms with Gasteiger partial charge in [-0.05, 0) is 19.1 Å². The first-order valence-corrected chi connectivity index (χ1v) is 7.29. The SMILES string of the molecule is Cc1ccc(S(=O)(=O)c2nc(C=O)oc2N(C)C)cc1. The van der Waals surface area contributed by atoms with E-state index in [4.69, 9.17) is 4.42 Å². The van der Waals surface area contributed by atoms with Gasteiger partial charge >= 0.3 is 0 Å². The van der Waals surface area contributed by atoms with Gasteiger partial charge in [0.2, 0.25) is 27.0 Å². The van der Waals surface area contributed by atoms with Crippen LogP contribution in [-0.4, -0.2) is 33.8 Å². The lowest BCUT2D eigenvalue weighted by atomic mass is 10.2. The Kier molecular flexibility index (Phi) is 3.63. The third-order valence-electron chi connectivity index (χ3n) is 2.69. The number of carbonyl (C=O) groups is 1. The number of hydrogen-bond donors (Lipinski definition) is 0. The molecule has 0 aliphatic carbocycles. The third-order valence-corrected chi connectivity index (χ3v) is 4.36. The van der Waals surface area contributed by atoms with E-state index in [1.165, 1.54) is 17.0 Å². The summed E-state index contributed by atoms with van der Waals surface area (Å²) < 4.78 is 30.2. The summed E-state index contributed by atoms with van der Waals surface area (Å²) in [6.07, 6.45) is 0.376. The zero-order valence-corrected chi connectivity index (χ0v) is 12.1.